The van der Waals surface area contributed by atoms with Gasteiger partial charge in [0.2, 0.25) is 0 Å². The second kappa shape index (κ2) is 5.95. The van der Waals surface area contributed by atoms with Crippen LogP contribution in [0, 0.1) is 0 Å². The molecule has 2 rings (SSSR count). The molecule has 3 atom stereocenters. The molecule has 18 heavy (non-hydrogen) atoms. The molecular weight excluding hydrogens is 236 g/mol. The van der Waals surface area contributed by atoms with E-state index in [1.807, 2.05) is 6.07 Å². The van der Waals surface area contributed by atoms with Crippen LogP contribution in [0.15, 0.2) is 30.3 Å². The van der Waals surface area contributed by atoms with Crippen LogP contribution in [0.2, 0.25) is 0 Å². The molecule has 0 saturated carbocycles. The second-order valence-electron chi connectivity index (χ2n) is 4.11. The Labute approximate surface area is 105 Å². The molecule has 1 fully saturated rings. The van der Waals surface area contributed by atoms with E-state index in [0.29, 0.717) is 12.0 Å². The Morgan fingerprint density at radius 3 is 2.78 bits per heavy atom. The topological polar surface area (TPSA) is 65.0 Å². The van der Waals surface area contributed by atoms with Gasteiger partial charge in [-0.05, 0) is 12.1 Å². The van der Waals surface area contributed by atoms with E-state index >= 15 is 0 Å². The van der Waals surface area contributed by atoms with Gasteiger partial charge in [-0.2, -0.15) is 0 Å². The average Bonchev–Trinajstić information content (AvgIpc) is 2.77. The highest BCUT2D eigenvalue weighted by atomic mass is 16.7. The molecule has 1 aromatic rings. The molecule has 1 N–H and O–H groups in total. The second-order valence-corrected chi connectivity index (χ2v) is 4.11. The quantitative estimate of drug-likeness (QED) is 0.809. The number of esters is 1. The third kappa shape index (κ3) is 3.07. The van der Waals surface area contributed by atoms with Crippen molar-refractivity contribution in [2.24, 2.45) is 0 Å². The fourth-order valence-corrected chi connectivity index (χ4v) is 1.81. The summed E-state index contributed by atoms with van der Waals surface area (Å²) in [4.78, 5) is 11.7. The summed E-state index contributed by atoms with van der Waals surface area (Å²) in [6.07, 6.45) is -1.23. The Hall–Kier alpha value is -1.43. The maximum Gasteiger partial charge on any atom is 0.338 e. The van der Waals surface area contributed by atoms with Crippen LogP contribution >= 0.6 is 0 Å². The SMILES string of the molecule is COC1C[C@H](O)[C@@H](COC(=O)c2ccccc2)O1. The van der Waals surface area contributed by atoms with Crippen LogP contribution < -0.4 is 0 Å². The Morgan fingerprint density at radius 1 is 1.44 bits per heavy atom. The molecule has 0 aromatic heterocycles. The first-order chi connectivity index (χ1) is 8.70. The third-order valence-electron chi connectivity index (χ3n) is 2.84. The van der Waals surface area contributed by atoms with Crippen LogP contribution in [-0.2, 0) is 14.2 Å². The molecular formula is C13H16O5. The summed E-state index contributed by atoms with van der Waals surface area (Å²) in [5.74, 6) is -0.424. The number of benzene rings is 1. The number of methoxy groups -OCH3 is 1. The monoisotopic (exact) mass is 252 g/mol. The minimum absolute atomic E-state index is 0.0226. The molecule has 98 valence electrons. The largest absolute Gasteiger partial charge is 0.459 e. The van der Waals surface area contributed by atoms with Crippen LogP contribution in [-0.4, -0.2) is 43.3 Å². The van der Waals surface area contributed by atoms with Crippen LogP contribution in [0.5, 0.6) is 0 Å². The Balaban J connectivity index is 1.83. The zero-order valence-electron chi connectivity index (χ0n) is 10.1. The number of rotatable bonds is 4. The van der Waals surface area contributed by atoms with Crippen molar-refractivity contribution in [2.45, 2.75) is 24.9 Å². The average molecular weight is 252 g/mol. The molecule has 1 unspecified atom stereocenters. The molecule has 0 bridgehead atoms. The third-order valence-corrected chi connectivity index (χ3v) is 2.84. The van der Waals surface area contributed by atoms with Gasteiger partial charge in [0.05, 0.1) is 11.7 Å². The predicted molar refractivity (Wildman–Crippen MR) is 63.0 cm³/mol. The van der Waals surface area contributed by atoms with E-state index in [9.17, 15) is 9.90 Å². The highest BCUT2D eigenvalue weighted by Crippen LogP contribution is 2.21. The van der Waals surface area contributed by atoms with E-state index in [1.54, 1.807) is 24.3 Å². The van der Waals surface area contributed by atoms with Gasteiger partial charge in [-0.3, -0.25) is 0 Å². The lowest BCUT2D eigenvalue weighted by atomic mass is 10.2. The zero-order chi connectivity index (χ0) is 13.0. The Kier molecular flexibility index (Phi) is 4.30. The Morgan fingerprint density at radius 2 is 2.17 bits per heavy atom. The lowest BCUT2D eigenvalue weighted by molar-refractivity contribution is -0.128. The maximum atomic E-state index is 11.7. The van der Waals surface area contributed by atoms with Gasteiger partial charge < -0.3 is 19.3 Å². The fourth-order valence-electron chi connectivity index (χ4n) is 1.81. The van der Waals surface area contributed by atoms with E-state index < -0.39 is 24.5 Å². The predicted octanol–water partition coefficient (Wildman–Crippen LogP) is 0.966. The summed E-state index contributed by atoms with van der Waals surface area (Å²) in [6.45, 7) is 0.0226. The molecule has 1 aliphatic heterocycles. The molecule has 0 radical (unpaired) electrons. The van der Waals surface area contributed by atoms with Gasteiger partial charge in [0.1, 0.15) is 12.7 Å². The lowest BCUT2D eigenvalue weighted by Crippen LogP contribution is -2.28. The highest BCUT2D eigenvalue weighted by Gasteiger charge is 2.34. The van der Waals surface area contributed by atoms with Gasteiger partial charge in [-0.1, -0.05) is 18.2 Å². The van der Waals surface area contributed by atoms with Gasteiger partial charge in [0, 0.05) is 13.5 Å². The summed E-state index contributed by atoms with van der Waals surface area (Å²) in [5.41, 5.74) is 0.480. The van der Waals surface area contributed by atoms with Crippen LogP contribution in [0.25, 0.3) is 0 Å². The van der Waals surface area contributed by atoms with Crippen LogP contribution in [0.3, 0.4) is 0 Å². The fraction of sp³-hybridized carbons (Fsp3) is 0.462. The molecule has 0 spiro atoms. The van der Waals surface area contributed by atoms with Crippen molar-refractivity contribution in [2.75, 3.05) is 13.7 Å². The first-order valence-electron chi connectivity index (χ1n) is 5.79. The van der Waals surface area contributed by atoms with Crippen molar-refractivity contribution >= 4 is 5.97 Å². The maximum absolute atomic E-state index is 11.7. The summed E-state index contributed by atoms with van der Waals surface area (Å²) < 4.78 is 15.4. The molecule has 1 aromatic carbocycles. The van der Waals surface area contributed by atoms with E-state index in [2.05, 4.69) is 0 Å². The van der Waals surface area contributed by atoms with Gasteiger partial charge >= 0.3 is 5.97 Å². The summed E-state index contributed by atoms with van der Waals surface area (Å²) >= 11 is 0. The minimum Gasteiger partial charge on any atom is -0.459 e. The number of carbonyl (C=O) groups is 1. The highest BCUT2D eigenvalue weighted by molar-refractivity contribution is 5.89. The first-order valence-corrected chi connectivity index (χ1v) is 5.79. The Bertz CT molecular complexity index is 392. The summed E-state index contributed by atoms with van der Waals surface area (Å²) in [5, 5.41) is 9.68. The van der Waals surface area contributed by atoms with Crippen molar-refractivity contribution in [3.05, 3.63) is 35.9 Å². The summed E-state index contributed by atoms with van der Waals surface area (Å²) in [7, 11) is 1.51. The standard InChI is InChI=1S/C13H16O5/c1-16-12-7-10(14)11(18-12)8-17-13(15)9-5-3-2-4-6-9/h2-6,10-12,14H,7-8H2,1H3/t10-,11+,12?/m0/s1. The van der Waals surface area contributed by atoms with Crippen LogP contribution in [0.4, 0.5) is 0 Å². The normalized spacial score (nSPS) is 27.1. The van der Waals surface area contributed by atoms with Gasteiger partial charge in [-0.15, -0.1) is 0 Å². The first kappa shape index (κ1) is 13.0. The number of aliphatic hydroxyl groups excluding tert-OH is 1. The van der Waals surface area contributed by atoms with E-state index in [-0.39, 0.29) is 6.61 Å². The zero-order valence-corrected chi connectivity index (χ0v) is 10.1. The van der Waals surface area contributed by atoms with E-state index in [0.717, 1.165) is 0 Å². The van der Waals surface area contributed by atoms with E-state index in [4.69, 9.17) is 14.2 Å². The van der Waals surface area contributed by atoms with Crippen molar-refractivity contribution < 1.29 is 24.1 Å². The molecule has 1 saturated heterocycles. The molecule has 0 aliphatic carbocycles. The summed E-state index contributed by atoms with van der Waals surface area (Å²) in [6, 6.07) is 8.69. The van der Waals surface area contributed by atoms with Crippen molar-refractivity contribution in [3.63, 3.8) is 0 Å². The molecule has 1 heterocycles. The minimum atomic E-state index is -0.668. The molecule has 1 aliphatic rings. The van der Waals surface area contributed by atoms with E-state index in [1.165, 1.54) is 7.11 Å². The molecule has 5 nitrogen and oxygen atoms in total. The van der Waals surface area contributed by atoms with Crippen molar-refractivity contribution in [1.29, 1.82) is 0 Å². The smallest absolute Gasteiger partial charge is 0.338 e. The van der Waals surface area contributed by atoms with Gasteiger partial charge in [0.25, 0.3) is 0 Å². The number of aliphatic hydroxyl groups is 1. The molecule has 0 amide bonds. The van der Waals surface area contributed by atoms with Crippen LogP contribution in [0.1, 0.15) is 16.8 Å². The number of ether oxygens (including phenoxy) is 3. The van der Waals surface area contributed by atoms with Crippen molar-refractivity contribution in [3.8, 4) is 0 Å². The number of carbonyl (C=O) groups excluding carboxylic acids is 1. The number of hydrogen-bond acceptors (Lipinski definition) is 5. The lowest BCUT2D eigenvalue weighted by Gasteiger charge is -2.14. The van der Waals surface area contributed by atoms with Gasteiger partial charge in [0.15, 0.2) is 6.29 Å². The molecule has 5 heteroatoms. The van der Waals surface area contributed by atoms with Gasteiger partial charge in [-0.25, -0.2) is 4.79 Å². The van der Waals surface area contributed by atoms with Crippen molar-refractivity contribution in [1.82, 2.24) is 0 Å². The number of hydrogen-bond donors (Lipinski definition) is 1.